The lowest BCUT2D eigenvalue weighted by atomic mass is 9.89. The van der Waals surface area contributed by atoms with Crippen LogP contribution in [0.15, 0.2) is 27.1 Å². The van der Waals surface area contributed by atoms with Gasteiger partial charge in [0.2, 0.25) is 0 Å². The normalized spacial score (nSPS) is 24.1. The van der Waals surface area contributed by atoms with Gasteiger partial charge in [0.05, 0.1) is 5.92 Å². The summed E-state index contributed by atoms with van der Waals surface area (Å²) in [5.74, 6) is -0.985. The molecule has 0 bridgehead atoms. The fraction of sp³-hybridized carbons (Fsp3) is 0.500. The summed E-state index contributed by atoms with van der Waals surface area (Å²) in [5.41, 5.74) is 1.08. The summed E-state index contributed by atoms with van der Waals surface area (Å²) in [6.45, 7) is 5.65. The summed E-state index contributed by atoms with van der Waals surface area (Å²) >= 11 is 6.94. The maximum Gasteiger partial charge on any atom is 0.308 e. The summed E-state index contributed by atoms with van der Waals surface area (Å²) < 4.78 is 1.95. The molecule has 0 saturated carbocycles. The van der Waals surface area contributed by atoms with Crippen LogP contribution in [-0.4, -0.2) is 35.1 Å². The Labute approximate surface area is 130 Å². The lowest BCUT2D eigenvalue weighted by Crippen LogP contribution is -2.29. The summed E-state index contributed by atoms with van der Waals surface area (Å²) in [6.07, 6.45) is 0. The third-order valence-corrected chi connectivity index (χ3v) is 4.62. The molecule has 2 unspecified atom stereocenters. The van der Waals surface area contributed by atoms with Crippen LogP contribution in [0, 0.1) is 5.92 Å². The van der Waals surface area contributed by atoms with Crippen molar-refractivity contribution >= 4 is 37.8 Å². The molecule has 5 heteroatoms. The Kier molecular flexibility index (Phi) is 4.69. The number of hydrogen-bond donors (Lipinski definition) is 1. The second-order valence-electron chi connectivity index (χ2n) is 5.30. The average molecular weight is 391 g/mol. The molecule has 3 nitrogen and oxygen atoms in total. The highest BCUT2D eigenvalue weighted by molar-refractivity contribution is 9.11. The first-order chi connectivity index (χ1) is 8.88. The number of carboxylic acids is 1. The molecule has 19 heavy (non-hydrogen) atoms. The standard InChI is InChI=1S/C14H17Br2NO2/c1-8(2)17-6-12(13(7-17)14(18)19)9-3-10(15)5-11(16)4-9/h3-5,8,12-13H,6-7H2,1-2H3,(H,18,19). The molecule has 1 heterocycles. The topological polar surface area (TPSA) is 40.5 Å². The van der Waals surface area contributed by atoms with Gasteiger partial charge in [-0.25, -0.2) is 0 Å². The largest absolute Gasteiger partial charge is 0.481 e. The first kappa shape index (κ1) is 15.0. The van der Waals surface area contributed by atoms with Crippen molar-refractivity contribution in [3.63, 3.8) is 0 Å². The van der Waals surface area contributed by atoms with Crippen molar-refractivity contribution in [3.05, 3.63) is 32.7 Å². The van der Waals surface area contributed by atoms with Gasteiger partial charge in [0, 0.05) is 34.0 Å². The fourth-order valence-corrected chi connectivity index (χ4v) is 3.96. The van der Waals surface area contributed by atoms with Crippen molar-refractivity contribution in [1.82, 2.24) is 4.90 Å². The van der Waals surface area contributed by atoms with Crippen molar-refractivity contribution in [2.75, 3.05) is 13.1 Å². The van der Waals surface area contributed by atoms with Gasteiger partial charge in [0.1, 0.15) is 0 Å². The molecule has 0 aromatic heterocycles. The number of benzene rings is 1. The van der Waals surface area contributed by atoms with Crippen molar-refractivity contribution in [2.45, 2.75) is 25.8 Å². The third-order valence-electron chi connectivity index (χ3n) is 3.71. The minimum atomic E-state index is -0.704. The van der Waals surface area contributed by atoms with Crippen LogP contribution in [0.3, 0.4) is 0 Å². The monoisotopic (exact) mass is 389 g/mol. The SMILES string of the molecule is CC(C)N1CC(C(=O)O)C(c2cc(Br)cc(Br)c2)C1. The van der Waals surface area contributed by atoms with Crippen LogP contribution in [0.1, 0.15) is 25.3 Å². The van der Waals surface area contributed by atoms with Gasteiger partial charge in [0.15, 0.2) is 0 Å². The van der Waals surface area contributed by atoms with E-state index in [1.807, 2.05) is 18.2 Å². The Morgan fingerprint density at radius 2 is 1.84 bits per heavy atom. The number of carboxylic acid groups (broad SMARTS) is 1. The number of aliphatic carboxylic acids is 1. The number of nitrogens with zero attached hydrogens (tertiary/aromatic N) is 1. The van der Waals surface area contributed by atoms with Gasteiger partial charge in [-0.3, -0.25) is 9.69 Å². The minimum Gasteiger partial charge on any atom is -0.481 e. The van der Waals surface area contributed by atoms with E-state index in [0.29, 0.717) is 12.6 Å². The van der Waals surface area contributed by atoms with Gasteiger partial charge in [-0.2, -0.15) is 0 Å². The molecule has 1 aliphatic rings. The van der Waals surface area contributed by atoms with Crippen LogP contribution in [0.5, 0.6) is 0 Å². The molecule has 1 aromatic carbocycles. The molecular weight excluding hydrogens is 374 g/mol. The first-order valence-electron chi connectivity index (χ1n) is 6.31. The van der Waals surface area contributed by atoms with E-state index < -0.39 is 5.97 Å². The molecule has 1 saturated heterocycles. The highest BCUT2D eigenvalue weighted by atomic mass is 79.9. The maximum atomic E-state index is 11.5. The Bertz CT molecular complexity index is 470. The van der Waals surface area contributed by atoms with Gasteiger partial charge in [-0.05, 0) is 37.6 Å². The van der Waals surface area contributed by atoms with E-state index >= 15 is 0 Å². The molecule has 2 atom stereocenters. The van der Waals surface area contributed by atoms with E-state index in [9.17, 15) is 9.90 Å². The Morgan fingerprint density at radius 3 is 2.32 bits per heavy atom. The quantitative estimate of drug-likeness (QED) is 0.854. The molecule has 1 N–H and O–H groups in total. The molecule has 0 aliphatic carbocycles. The summed E-state index contributed by atoms with van der Waals surface area (Å²) in [5, 5.41) is 9.43. The van der Waals surface area contributed by atoms with E-state index in [0.717, 1.165) is 21.1 Å². The van der Waals surface area contributed by atoms with Crippen LogP contribution in [0.2, 0.25) is 0 Å². The Hall–Kier alpha value is -0.390. The van der Waals surface area contributed by atoms with Gasteiger partial charge in [-0.1, -0.05) is 31.9 Å². The van der Waals surface area contributed by atoms with Crippen molar-refractivity contribution in [1.29, 1.82) is 0 Å². The highest BCUT2D eigenvalue weighted by Crippen LogP contribution is 2.36. The van der Waals surface area contributed by atoms with E-state index in [-0.39, 0.29) is 11.8 Å². The Balaban J connectivity index is 2.32. The smallest absolute Gasteiger partial charge is 0.308 e. The lowest BCUT2D eigenvalue weighted by molar-refractivity contribution is -0.141. The van der Waals surface area contributed by atoms with Crippen LogP contribution in [-0.2, 0) is 4.79 Å². The summed E-state index contributed by atoms with van der Waals surface area (Å²) in [4.78, 5) is 13.7. The molecule has 104 valence electrons. The van der Waals surface area contributed by atoms with E-state index in [2.05, 4.69) is 50.6 Å². The predicted octanol–water partition coefficient (Wildman–Crippen LogP) is 3.72. The molecular formula is C14H17Br2NO2. The molecule has 1 aliphatic heterocycles. The first-order valence-corrected chi connectivity index (χ1v) is 7.90. The minimum absolute atomic E-state index is 0.0497. The maximum absolute atomic E-state index is 11.5. The number of likely N-dealkylation sites (tertiary alicyclic amines) is 1. The fourth-order valence-electron chi connectivity index (χ4n) is 2.63. The second-order valence-corrected chi connectivity index (χ2v) is 7.13. The summed E-state index contributed by atoms with van der Waals surface area (Å²) in [7, 11) is 0. The zero-order valence-corrected chi connectivity index (χ0v) is 14.1. The molecule has 2 rings (SSSR count). The molecule has 0 radical (unpaired) electrons. The zero-order valence-electron chi connectivity index (χ0n) is 10.9. The van der Waals surface area contributed by atoms with Gasteiger partial charge in [0.25, 0.3) is 0 Å². The molecule has 1 aromatic rings. The van der Waals surface area contributed by atoms with Crippen LogP contribution >= 0.6 is 31.9 Å². The summed E-state index contributed by atoms with van der Waals surface area (Å²) in [6, 6.07) is 6.39. The van der Waals surface area contributed by atoms with Crippen LogP contribution in [0.4, 0.5) is 0 Å². The van der Waals surface area contributed by atoms with Crippen molar-refractivity contribution in [3.8, 4) is 0 Å². The molecule has 0 amide bonds. The number of hydrogen-bond acceptors (Lipinski definition) is 2. The van der Waals surface area contributed by atoms with Gasteiger partial charge < -0.3 is 5.11 Å². The third kappa shape index (κ3) is 3.38. The predicted molar refractivity (Wildman–Crippen MR) is 82.4 cm³/mol. The van der Waals surface area contributed by atoms with E-state index in [1.54, 1.807) is 0 Å². The average Bonchev–Trinajstić information content (AvgIpc) is 2.72. The van der Waals surface area contributed by atoms with Gasteiger partial charge >= 0.3 is 5.97 Å². The number of carbonyl (C=O) groups is 1. The van der Waals surface area contributed by atoms with E-state index in [4.69, 9.17) is 0 Å². The van der Waals surface area contributed by atoms with Crippen molar-refractivity contribution < 1.29 is 9.90 Å². The molecule has 1 fully saturated rings. The molecule has 0 spiro atoms. The van der Waals surface area contributed by atoms with Gasteiger partial charge in [-0.15, -0.1) is 0 Å². The second kappa shape index (κ2) is 5.94. The van der Waals surface area contributed by atoms with Crippen LogP contribution in [0.25, 0.3) is 0 Å². The Morgan fingerprint density at radius 1 is 1.26 bits per heavy atom. The van der Waals surface area contributed by atoms with Crippen molar-refractivity contribution in [2.24, 2.45) is 5.92 Å². The lowest BCUT2D eigenvalue weighted by Gasteiger charge is -2.20. The van der Waals surface area contributed by atoms with E-state index in [1.165, 1.54) is 0 Å². The van der Waals surface area contributed by atoms with Crippen LogP contribution < -0.4 is 0 Å². The number of rotatable bonds is 3. The number of halogens is 2. The highest BCUT2D eigenvalue weighted by Gasteiger charge is 2.39. The zero-order chi connectivity index (χ0) is 14.2.